The summed E-state index contributed by atoms with van der Waals surface area (Å²) < 4.78 is 15.9. The van der Waals surface area contributed by atoms with Crippen LogP contribution in [0.2, 0.25) is 0 Å². The molecule has 0 aliphatic rings. The number of methoxy groups -OCH3 is 1. The standard InChI is InChI=1S/C12H19NO3/c1-3-6-16-12-9-10(4-5-11(12)13)15-8-7-14-2/h4-5,9H,3,6-8,13H2,1-2H3. The fraction of sp³-hybridized carbons (Fsp3) is 0.500. The Bertz CT molecular complexity index is 315. The van der Waals surface area contributed by atoms with E-state index in [1.165, 1.54) is 0 Å². The van der Waals surface area contributed by atoms with Gasteiger partial charge in [-0.3, -0.25) is 0 Å². The highest BCUT2D eigenvalue weighted by Gasteiger charge is 2.02. The first-order valence-corrected chi connectivity index (χ1v) is 5.42. The summed E-state index contributed by atoms with van der Waals surface area (Å²) in [5.41, 5.74) is 6.41. The maximum Gasteiger partial charge on any atom is 0.145 e. The number of hydrogen-bond acceptors (Lipinski definition) is 4. The third-order valence-corrected chi connectivity index (χ3v) is 2.00. The predicted molar refractivity (Wildman–Crippen MR) is 64.0 cm³/mol. The maximum absolute atomic E-state index is 5.78. The van der Waals surface area contributed by atoms with Gasteiger partial charge in [-0.2, -0.15) is 0 Å². The van der Waals surface area contributed by atoms with E-state index in [0.29, 0.717) is 31.3 Å². The molecule has 1 rings (SSSR count). The summed E-state index contributed by atoms with van der Waals surface area (Å²) in [6.45, 7) is 3.80. The third-order valence-electron chi connectivity index (χ3n) is 2.00. The summed E-state index contributed by atoms with van der Waals surface area (Å²) in [7, 11) is 1.64. The number of nitrogen functional groups attached to an aromatic ring is 1. The summed E-state index contributed by atoms with van der Waals surface area (Å²) in [6, 6.07) is 5.41. The molecule has 0 aliphatic heterocycles. The molecule has 0 amide bonds. The van der Waals surface area contributed by atoms with Crippen LogP contribution in [0.15, 0.2) is 18.2 Å². The van der Waals surface area contributed by atoms with Crippen LogP contribution in [0.5, 0.6) is 11.5 Å². The van der Waals surface area contributed by atoms with Crippen LogP contribution in [0.25, 0.3) is 0 Å². The zero-order chi connectivity index (χ0) is 11.8. The van der Waals surface area contributed by atoms with E-state index in [9.17, 15) is 0 Å². The summed E-state index contributed by atoms with van der Waals surface area (Å²) in [4.78, 5) is 0. The minimum atomic E-state index is 0.521. The molecule has 0 heterocycles. The first-order chi connectivity index (χ1) is 7.77. The molecule has 0 fully saturated rings. The minimum absolute atomic E-state index is 0.521. The van der Waals surface area contributed by atoms with Crippen LogP contribution in [-0.2, 0) is 4.74 Å². The fourth-order valence-corrected chi connectivity index (χ4v) is 1.18. The Labute approximate surface area is 96.3 Å². The number of benzene rings is 1. The highest BCUT2D eigenvalue weighted by atomic mass is 16.5. The van der Waals surface area contributed by atoms with E-state index in [1.54, 1.807) is 19.2 Å². The molecule has 0 radical (unpaired) electrons. The molecule has 4 nitrogen and oxygen atoms in total. The second kappa shape index (κ2) is 6.95. The van der Waals surface area contributed by atoms with Gasteiger partial charge in [-0.1, -0.05) is 6.92 Å². The van der Waals surface area contributed by atoms with Gasteiger partial charge in [0.25, 0.3) is 0 Å². The van der Waals surface area contributed by atoms with Gasteiger partial charge in [0.15, 0.2) is 0 Å². The lowest BCUT2D eigenvalue weighted by molar-refractivity contribution is 0.146. The van der Waals surface area contributed by atoms with Gasteiger partial charge in [0.1, 0.15) is 18.1 Å². The second-order valence-corrected chi connectivity index (χ2v) is 3.39. The van der Waals surface area contributed by atoms with Crippen molar-refractivity contribution in [1.29, 1.82) is 0 Å². The number of hydrogen-bond donors (Lipinski definition) is 1. The average Bonchev–Trinajstić information content (AvgIpc) is 2.30. The van der Waals surface area contributed by atoms with Crippen molar-refractivity contribution in [1.82, 2.24) is 0 Å². The number of anilines is 1. The Morgan fingerprint density at radius 2 is 1.94 bits per heavy atom. The first-order valence-electron chi connectivity index (χ1n) is 5.42. The molecule has 90 valence electrons. The van der Waals surface area contributed by atoms with Gasteiger partial charge in [-0.15, -0.1) is 0 Å². The smallest absolute Gasteiger partial charge is 0.145 e. The topological polar surface area (TPSA) is 53.7 Å². The van der Waals surface area contributed by atoms with E-state index in [0.717, 1.165) is 12.2 Å². The van der Waals surface area contributed by atoms with Crippen LogP contribution in [0.4, 0.5) is 5.69 Å². The first kappa shape index (κ1) is 12.6. The van der Waals surface area contributed by atoms with Crippen LogP contribution in [0, 0.1) is 0 Å². The molecule has 0 aromatic heterocycles. The van der Waals surface area contributed by atoms with Gasteiger partial charge in [0.05, 0.1) is 18.9 Å². The molecule has 4 heteroatoms. The van der Waals surface area contributed by atoms with Crippen molar-refractivity contribution in [2.24, 2.45) is 0 Å². The highest BCUT2D eigenvalue weighted by molar-refractivity contribution is 5.55. The molecular weight excluding hydrogens is 206 g/mol. The van der Waals surface area contributed by atoms with E-state index in [2.05, 4.69) is 6.92 Å². The van der Waals surface area contributed by atoms with E-state index >= 15 is 0 Å². The van der Waals surface area contributed by atoms with Crippen LogP contribution in [0.1, 0.15) is 13.3 Å². The molecule has 0 spiro atoms. The van der Waals surface area contributed by atoms with Crippen molar-refractivity contribution in [3.8, 4) is 11.5 Å². The van der Waals surface area contributed by atoms with Crippen molar-refractivity contribution < 1.29 is 14.2 Å². The second-order valence-electron chi connectivity index (χ2n) is 3.39. The van der Waals surface area contributed by atoms with Gasteiger partial charge in [0, 0.05) is 13.2 Å². The molecular formula is C12H19NO3. The van der Waals surface area contributed by atoms with Crippen molar-refractivity contribution in [3.05, 3.63) is 18.2 Å². The SMILES string of the molecule is CCCOc1cc(OCCOC)ccc1N. The molecule has 1 aromatic rings. The van der Waals surface area contributed by atoms with Crippen LogP contribution >= 0.6 is 0 Å². The average molecular weight is 225 g/mol. The zero-order valence-electron chi connectivity index (χ0n) is 9.86. The Morgan fingerprint density at radius 1 is 1.12 bits per heavy atom. The Morgan fingerprint density at radius 3 is 2.62 bits per heavy atom. The van der Waals surface area contributed by atoms with Gasteiger partial charge < -0.3 is 19.9 Å². The van der Waals surface area contributed by atoms with Crippen molar-refractivity contribution in [2.45, 2.75) is 13.3 Å². The summed E-state index contributed by atoms with van der Waals surface area (Å²) in [5.74, 6) is 1.43. The molecule has 16 heavy (non-hydrogen) atoms. The summed E-state index contributed by atoms with van der Waals surface area (Å²) >= 11 is 0. The van der Waals surface area contributed by atoms with Crippen molar-refractivity contribution in [3.63, 3.8) is 0 Å². The monoisotopic (exact) mass is 225 g/mol. The Kier molecular flexibility index (Phi) is 5.50. The molecule has 0 saturated carbocycles. The summed E-state index contributed by atoms with van der Waals surface area (Å²) in [6.07, 6.45) is 0.953. The predicted octanol–water partition coefficient (Wildman–Crippen LogP) is 2.08. The fourth-order valence-electron chi connectivity index (χ4n) is 1.18. The molecule has 0 bridgehead atoms. The van der Waals surface area contributed by atoms with E-state index in [4.69, 9.17) is 19.9 Å². The van der Waals surface area contributed by atoms with Gasteiger partial charge >= 0.3 is 0 Å². The molecule has 0 unspecified atom stereocenters. The van der Waals surface area contributed by atoms with E-state index in [-0.39, 0.29) is 0 Å². The van der Waals surface area contributed by atoms with Crippen molar-refractivity contribution in [2.75, 3.05) is 32.7 Å². The molecule has 2 N–H and O–H groups in total. The zero-order valence-corrected chi connectivity index (χ0v) is 9.86. The molecule has 0 saturated heterocycles. The third kappa shape index (κ3) is 3.98. The number of ether oxygens (including phenoxy) is 3. The maximum atomic E-state index is 5.78. The van der Waals surface area contributed by atoms with E-state index < -0.39 is 0 Å². The lowest BCUT2D eigenvalue weighted by Crippen LogP contribution is -2.05. The largest absolute Gasteiger partial charge is 0.491 e. The van der Waals surface area contributed by atoms with Crippen LogP contribution in [0.3, 0.4) is 0 Å². The highest BCUT2D eigenvalue weighted by Crippen LogP contribution is 2.26. The van der Waals surface area contributed by atoms with Gasteiger partial charge in [-0.25, -0.2) is 0 Å². The Hall–Kier alpha value is -1.42. The number of nitrogens with two attached hydrogens (primary N) is 1. The number of rotatable bonds is 7. The normalized spacial score (nSPS) is 10.1. The van der Waals surface area contributed by atoms with Gasteiger partial charge in [0.2, 0.25) is 0 Å². The van der Waals surface area contributed by atoms with Crippen LogP contribution < -0.4 is 15.2 Å². The molecule has 0 atom stereocenters. The van der Waals surface area contributed by atoms with E-state index in [1.807, 2.05) is 6.07 Å². The summed E-state index contributed by atoms with van der Waals surface area (Å²) in [5, 5.41) is 0. The minimum Gasteiger partial charge on any atom is -0.491 e. The molecule has 0 aliphatic carbocycles. The van der Waals surface area contributed by atoms with Crippen LogP contribution in [-0.4, -0.2) is 26.9 Å². The molecule has 1 aromatic carbocycles. The quantitative estimate of drug-likeness (QED) is 0.570. The Balaban J connectivity index is 2.58. The lowest BCUT2D eigenvalue weighted by atomic mass is 10.3. The van der Waals surface area contributed by atoms with Gasteiger partial charge in [-0.05, 0) is 18.6 Å². The lowest BCUT2D eigenvalue weighted by Gasteiger charge is -2.10. The van der Waals surface area contributed by atoms with Crippen molar-refractivity contribution >= 4 is 5.69 Å².